The maximum absolute atomic E-state index is 12.9. The minimum Gasteiger partial charge on any atom is -0.494 e. The molecule has 0 spiro atoms. The van der Waals surface area contributed by atoms with Gasteiger partial charge in [0.05, 0.1) is 19.4 Å². The number of benzene rings is 2. The molecule has 170 valence electrons. The second-order valence-corrected chi connectivity index (χ2v) is 7.83. The summed E-state index contributed by atoms with van der Waals surface area (Å²) >= 11 is 6.01. The maximum Gasteiger partial charge on any atom is 0.332 e. The molecule has 0 aliphatic rings. The molecule has 2 aromatic carbocycles. The van der Waals surface area contributed by atoms with E-state index in [1.807, 2.05) is 43.3 Å². The van der Waals surface area contributed by atoms with Crippen molar-refractivity contribution >= 4 is 34.9 Å². The standard InChI is InChI=1S/C23H23ClN6O3/c1-4-33-18-11-7-15(8-12-18)13-25-27-22-26-20-19(21(31)29(3)23(32)28(20)2)30(22)14-16-5-9-17(24)10-6-16/h5-13H,4,14H2,1-3H3,(H,26,27)/b25-13-. The van der Waals surface area contributed by atoms with Crippen LogP contribution in [0.15, 0.2) is 63.2 Å². The van der Waals surface area contributed by atoms with Gasteiger partial charge in [0.2, 0.25) is 5.95 Å². The van der Waals surface area contributed by atoms with Crippen LogP contribution in [0, 0.1) is 0 Å². The Hall–Kier alpha value is -3.85. The molecule has 0 radical (unpaired) electrons. The van der Waals surface area contributed by atoms with Gasteiger partial charge in [0.15, 0.2) is 11.2 Å². The number of halogens is 1. The third-order valence-electron chi connectivity index (χ3n) is 5.17. The topological polar surface area (TPSA) is 95.4 Å². The maximum atomic E-state index is 12.9. The molecule has 2 aromatic heterocycles. The van der Waals surface area contributed by atoms with Crippen LogP contribution in [0.5, 0.6) is 5.75 Å². The molecule has 0 fully saturated rings. The zero-order chi connectivity index (χ0) is 23.5. The Morgan fingerprint density at radius 1 is 1.06 bits per heavy atom. The Morgan fingerprint density at radius 2 is 1.76 bits per heavy atom. The summed E-state index contributed by atoms with van der Waals surface area (Å²) in [6, 6.07) is 14.8. The van der Waals surface area contributed by atoms with Crippen LogP contribution in [-0.4, -0.2) is 31.5 Å². The number of hydrazone groups is 1. The van der Waals surface area contributed by atoms with Gasteiger partial charge in [-0.2, -0.15) is 10.1 Å². The van der Waals surface area contributed by atoms with E-state index in [1.165, 1.54) is 11.6 Å². The highest BCUT2D eigenvalue weighted by molar-refractivity contribution is 6.30. The van der Waals surface area contributed by atoms with E-state index in [9.17, 15) is 9.59 Å². The number of aryl methyl sites for hydroxylation is 1. The van der Waals surface area contributed by atoms with E-state index in [0.29, 0.717) is 29.6 Å². The number of nitrogens with zero attached hydrogens (tertiary/aromatic N) is 5. The Balaban J connectivity index is 1.73. The summed E-state index contributed by atoms with van der Waals surface area (Å²) in [7, 11) is 3.03. The molecule has 0 saturated heterocycles. The number of ether oxygens (including phenoxy) is 1. The molecule has 1 N–H and O–H groups in total. The lowest BCUT2D eigenvalue weighted by atomic mass is 10.2. The number of hydrogen-bond acceptors (Lipinski definition) is 6. The average Bonchev–Trinajstić information content (AvgIpc) is 3.17. The van der Waals surface area contributed by atoms with Crippen molar-refractivity contribution in [2.45, 2.75) is 13.5 Å². The van der Waals surface area contributed by atoms with Crippen LogP contribution < -0.4 is 21.4 Å². The molecule has 0 aliphatic heterocycles. The highest BCUT2D eigenvalue weighted by atomic mass is 35.5. The van der Waals surface area contributed by atoms with Crippen LogP contribution in [0.3, 0.4) is 0 Å². The second-order valence-electron chi connectivity index (χ2n) is 7.40. The van der Waals surface area contributed by atoms with Crippen LogP contribution in [0.1, 0.15) is 18.1 Å². The lowest BCUT2D eigenvalue weighted by Crippen LogP contribution is -2.37. The predicted octanol–water partition coefficient (Wildman–Crippen LogP) is 2.98. The zero-order valence-electron chi connectivity index (χ0n) is 18.4. The van der Waals surface area contributed by atoms with Crippen molar-refractivity contribution in [3.8, 4) is 5.75 Å². The molecular formula is C23H23ClN6O3. The molecule has 4 aromatic rings. The number of nitrogens with one attached hydrogen (secondary N) is 1. The molecular weight excluding hydrogens is 444 g/mol. The third kappa shape index (κ3) is 4.54. The number of anilines is 1. The SMILES string of the molecule is CCOc1ccc(/C=N\Nc2nc3c(c(=O)n(C)c(=O)n3C)n2Cc2ccc(Cl)cc2)cc1. The highest BCUT2D eigenvalue weighted by Crippen LogP contribution is 2.19. The molecule has 2 heterocycles. The highest BCUT2D eigenvalue weighted by Gasteiger charge is 2.19. The Labute approximate surface area is 194 Å². The minimum atomic E-state index is -0.451. The van der Waals surface area contributed by atoms with Gasteiger partial charge in [-0.3, -0.25) is 18.5 Å². The number of rotatable bonds is 7. The lowest BCUT2D eigenvalue weighted by molar-refractivity contribution is 0.340. The van der Waals surface area contributed by atoms with Crippen molar-refractivity contribution in [1.82, 2.24) is 18.7 Å². The Kier molecular flexibility index (Phi) is 6.32. The zero-order valence-corrected chi connectivity index (χ0v) is 19.2. The Bertz CT molecular complexity index is 1430. The summed E-state index contributed by atoms with van der Waals surface area (Å²) in [5.74, 6) is 1.12. The fourth-order valence-corrected chi connectivity index (χ4v) is 3.57. The minimum absolute atomic E-state index is 0.274. The van der Waals surface area contributed by atoms with Gasteiger partial charge >= 0.3 is 5.69 Å². The largest absolute Gasteiger partial charge is 0.494 e. The van der Waals surface area contributed by atoms with Gasteiger partial charge < -0.3 is 4.74 Å². The molecule has 33 heavy (non-hydrogen) atoms. The van der Waals surface area contributed by atoms with E-state index in [1.54, 1.807) is 30.0 Å². The van der Waals surface area contributed by atoms with Crippen molar-refractivity contribution in [2.24, 2.45) is 19.2 Å². The first-order valence-corrected chi connectivity index (χ1v) is 10.7. The van der Waals surface area contributed by atoms with E-state index >= 15 is 0 Å². The van der Waals surface area contributed by atoms with Crippen molar-refractivity contribution in [1.29, 1.82) is 0 Å². The fourth-order valence-electron chi connectivity index (χ4n) is 3.44. The second kappa shape index (κ2) is 9.33. The molecule has 10 heteroatoms. The van der Waals surface area contributed by atoms with Crippen molar-refractivity contribution in [3.05, 3.63) is 85.5 Å². The molecule has 9 nitrogen and oxygen atoms in total. The normalized spacial score (nSPS) is 11.4. The van der Waals surface area contributed by atoms with Gasteiger partial charge in [0.1, 0.15) is 5.75 Å². The van der Waals surface area contributed by atoms with Crippen LogP contribution in [0.25, 0.3) is 11.2 Å². The molecule has 0 aliphatic carbocycles. The van der Waals surface area contributed by atoms with Gasteiger partial charge in [-0.25, -0.2) is 10.2 Å². The van der Waals surface area contributed by atoms with Crippen molar-refractivity contribution < 1.29 is 4.74 Å². The Morgan fingerprint density at radius 3 is 2.42 bits per heavy atom. The average molecular weight is 467 g/mol. The monoisotopic (exact) mass is 466 g/mol. The summed E-state index contributed by atoms with van der Waals surface area (Å²) in [5, 5.41) is 4.90. The molecule has 4 rings (SSSR count). The number of imidazole rings is 1. The molecule has 0 atom stereocenters. The van der Waals surface area contributed by atoms with Crippen LogP contribution >= 0.6 is 11.6 Å². The van der Waals surface area contributed by atoms with Gasteiger partial charge in [0.25, 0.3) is 5.56 Å². The van der Waals surface area contributed by atoms with Crippen LogP contribution in [0.4, 0.5) is 5.95 Å². The van der Waals surface area contributed by atoms with Crippen LogP contribution in [0.2, 0.25) is 5.02 Å². The quantitative estimate of drug-likeness (QED) is 0.333. The lowest BCUT2D eigenvalue weighted by Gasteiger charge is -2.09. The summed E-state index contributed by atoms with van der Waals surface area (Å²) in [4.78, 5) is 29.8. The fraction of sp³-hybridized carbons (Fsp3) is 0.217. The van der Waals surface area contributed by atoms with E-state index in [-0.39, 0.29) is 5.65 Å². The third-order valence-corrected chi connectivity index (χ3v) is 5.42. The summed E-state index contributed by atoms with van der Waals surface area (Å²) in [6.07, 6.45) is 1.64. The van der Waals surface area contributed by atoms with E-state index in [2.05, 4.69) is 15.5 Å². The molecule has 0 bridgehead atoms. The molecule has 0 amide bonds. The van der Waals surface area contributed by atoms with Crippen molar-refractivity contribution in [3.63, 3.8) is 0 Å². The molecule has 0 saturated carbocycles. The van der Waals surface area contributed by atoms with Gasteiger partial charge in [-0.1, -0.05) is 23.7 Å². The first kappa shape index (κ1) is 22.3. The van der Waals surface area contributed by atoms with Gasteiger partial charge in [0, 0.05) is 19.1 Å². The van der Waals surface area contributed by atoms with Gasteiger partial charge in [-0.05, 0) is 54.4 Å². The number of hydrogen-bond donors (Lipinski definition) is 1. The van der Waals surface area contributed by atoms with Crippen LogP contribution in [-0.2, 0) is 20.6 Å². The first-order chi connectivity index (χ1) is 15.9. The molecule has 0 unspecified atom stereocenters. The number of fused-ring (bicyclic) bond motifs is 1. The summed E-state index contributed by atoms with van der Waals surface area (Å²) < 4.78 is 9.56. The van der Waals surface area contributed by atoms with E-state index in [0.717, 1.165) is 21.4 Å². The first-order valence-electron chi connectivity index (χ1n) is 10.3. The number of aromatic nitrogens is 4. The van der Waals surface area contributed by atoms with E-state index < -0.39 is 11.2 Å². The smallest absolute Gasteiger partial charge is 0.332 e. The summed E-state index contributed by atoms with van der Waals surface area (Å²) in [5.41, 5.74) is 4.37. The van der Waals surface area contributed by atoms with Gasteiger partial charge in [-0.15, -0.1) is 0 Å². The summed E-state index contributed by atoms with van der Waals surface area (Å²) in [6.45, 7) is 2.86. The van der Waals surface area contributed by atoms with Crippen molar-refractivity contribution in [2.75, 3.05) is 12.0 Å². The predicted molar refractivity (Wildman–Crippen MR) is 130 cm³/mol. The van der Waals surface area contributed by atoms with E-state index in [4.69, 9.17) is 16.3 Å².